The molecule has 0 unspecified atom stereocenters. The molecule has 102 valence electrons. The van der Waals surface area contributed by atoms with E-state index in [0.29, 0.717) is 12.2 Å². The smallest absolute Gasteiger partial charge is 0.303 e. The molecule has 0 saturated heterocycles. The zero-order valence-electron chi connectivity index (χ0n) is 11.3. The first-order valence-electron chi connectivity index (χ1n) is 6.06. The number of aliphatic carboxylic acids is 1. The molecule has 0 amide bonds. The molecule has 4 heteroatoms. The molecule has 0 fully saturated rings. The van der Waals surface area contributed by atoms with Crippen molar-refractivity contribution in [1.29, 1.82) is 0 Å². The van der Waals surface area contributed by atoms with E-state index in [4.69, 9.17) is 14.9 Å². The van der Waals surface area contributed by atoms with E-state index in [1.54, 1.807) is 12.1 Å². The first kappa shape index (κ1) is 16.3. The van der Waals surface area contributed by atoms with Crippen LogP contribution in [0.3, 0.4) is 0 Å². The van der Waals surface area contributed by atoms with Gasteiger partial charge in [-0.1, -0.05) is 25.8 Å². The Morgan fingerprint density at radius 1 is 1.33 bits per heavy atom. The summed E-state index contributed by atoms with van der Waals surface area (Å²) in [5.41, 5.74) is 1.08. The van der Waals surface area contributed by atoms with Gasteiger partial charge in [0.05, 0.1) is 7.11 Å². The van der Waals surface area contributed by atoms with Crippen LogP contribution in [0.4, 0.5) is 0 Å². The number of carboxylic acids is 1. The lowest BCUT2D eigenvalue weighted by Crippen LogP contribution is -1.92. The number of aromatic hydroxyl groups is 1. The topological polar surface area (TPSA) is 66.8 Å². The van der Waals surface area contributed by atoms with Gasteiger partial charge in [-0.25, -0.2) is 0 Å². The van der Waals surface area contributed by atoms with Crippen LogP contribution in [0, 0.1) is 6.92 Å². The predicted octanol–water partition coefficient (Wildman–Crippen LogP) is 3.36. The Bertz CT molecular complexity index is 361. The molecule has 0 aliphatic carbocycles. The third-order valence-corrected chi connectivity index (χ3v) is 2.33. The summed E-state index contributed by atoms with van der Waals surface area (Å²) in [6.07, 6.45) is 3.28. The number of hydrogen-bond acceptors (Lipinski definition) is 3. The van der Waals surface area contributed by atoms with Crippen molar-refractivity contribution in [1.82, 2.24) is 0 Å². The minimum Gasteiger partial charge on any atom is -0.504 e. The Morgan fingerprint density at radius 2 is 2.00 bits per heavy atom. The number of phenols is 1. The Morgan fingerprint density at radius 3 is 2.44 bits per heavy atom. The molecule has 0 aliphatic heterocycles. The van der Waals surface area contributed by atoms with Crippen LogP contribution in [0.5, 0.6) is 11.5 Å². The van der Waals surface area contributed by atoms with Crippen molar-refractivity contribution < 1.29 is 19.7 Å². The van der Waals surface area contributed by atoms with Crippen LogP contribution in [-0.4, -0.2) is 23.3 Å². The predicted molar refractivity (Wildman–Crippen MR) is 71.2 cm³/mol. The van der Waals surface area contributed by atoms with Gasteiger partial charge in [-0.15, -0.1) is 0 Å². The molecule has 0 aromatic heterocycles. The molecular weight excluding hydrogens is 232 g/mol. The largest absolute Gasteiger partial charge is 0.504 e. The van der Waals surface area contributed by atoms with Crippen LogP contribution in [0.15, 0.2) is 18.2 Å². The van der Waals surface area contributed by atoms with Gasteiger partial charge in [0.15, 0.2) is 11.5 Å². The number of benzene rings is 1. The molecule has 4 nitrogen and oxygen atoms in total. The maximum absolute atomic E-state index is 9.87. The number of hydrogen-bond donors (Lipinski definition) is 2. The number of unbranched alkanes of at least 4 members (excludes halogenated alkanes) is 2. The van der Waals surface area contributed by atoms with Crippen molar-refractivity contribution in [3.8, 4) is 11.5 Å². The summed E-state index contributed by atoms with van der Waals surface area (Å²) in [7, 11) is 1.54. The molecule has 2 N–H and O–H groups in total. The summed E-state index contributed by atoms with van der Waals surface area (Å²) in [4.78, 5) is 9.87. The summed E-state index contributed by atoms with van der Waals surface area (Å²) < 4.78 is 4.88. The third kappa shape index (κ3) is 7.54. The third-order valence-electron chi connectivity index (χ3n) is 2.33. The number of methoxy groups -OCH3 is 1. The highest BCUT2D eigenvalue weighted by Crippen LogP contribution is 2.25. The second-order valence-corrected chi connectivity index (χ2v) is 4.03. The van der Waals surface area contributed by atoms with Crippen LogP contribution in [-0.2, 0) is 4.79 Å². The fraction of sp³-hybridized carbons (Fsp3) is 0.500. The minimum atomic E-state index is -0.682. The SMILES string of the molecule is CCCCCC(=O)O.COc1cc(C)ccc1O. The van der Waals surface area contributed by atoms with Gasteiger partial charge in [-0.2, -0.15) is 0 Å². The van der Waals surface area contributed by atoms with Crippen molar-refractivity contribution >= 4 is 5.97 Å². The Hall–Kier alpha value is -1.71. The Labute approximate surface area is 108 Å². The highest BCUT2D eigenvalue weighted by molar-refractivity contribution is 5.66. The summed E-state index contributed by atoms with van der Waals surface area (Å²) in [5, 5.41) is 17.3. The number of ether oxygens (including phenoxy) is 1. The standard InChI is InChI=1S/C8H10O2.C6H12O2/c1-6-3-4-7(9)8(5-6)10-2;1-2-3-4-5-6(7)8/h3-5,9H,1-2H3;2-5H2,1H3,(H,7,8). The van der Waals surface area contributed by atoms with Crippen molar-refractivity contribution in [2.75, 3.05) is 7.11 Å². The number of carbonyl (C=O) groups is 1. The van der Waals surface area contributed by atoms with Crippen molar-refractivity contribution in [3.05, 3.63) is 23.8 Å². The summed E-state index contributed by atoms with van der Waals surface area (Å²) in [5.74, 6) is 0.0338. The maximum Gasteiger partial charge on any atom is 0.303 e. The molecular formula is C14H22O4. The van der Waals surface area contributed by atoms with E-state index < -0.39 is 5.97 Å². The molecule has 0 aliphatic rings. The van der Waals surface area contributed by atoms with Gasteiger partial charge in [0.2, 0.25) is 0 Å². The van der Waals surface area contributed by atoms with E-state index in [0.717, 1.165) is 24.8 Å². The lowest BCUT2D eigenvalue weighted by Gasteiger charge is -2.02. The van der Waals surface area contributed by atoms with E-state index in [1.165, 1.54) is 7.11 Å². The van der Waals surface area contributed by atoms with E-state index >= 15 is 0 Å². The van der Waals surface area contributed by atoms with Crippen molar-refractivity contribution in [2.45, 2.75) is 39.5 Å². The highest BCUT2D eigenvalue weighted by Gasteiger charge is 1.97. The summed E-state index contributed by atoms with van der Waals surface area (Å²) in [6.45, 7) is 4.00. The molecule has 0 bridgehead atoms. The quantitative estimate of drug-likeness (QED) is 0.791. The molecule has 0 radical (unpaired) electrons. The van der Waals surface area contributed by atoms with E-state index in [1.807, 2.05) is 13.0 Å². The van der Waals surface area contributed by atoms with Gasteiger partial charge in [0.25, 0.3) is 0 Å². The molecule has 0 saturated carbocycles. The zero-order chi connectivity index (χ0) is 14.0. The number of phenolic OH excluding ortho intramolecular Hbond substituents is 1. The molecule has 0 heterocycles. The molecule has 0 spiro atoms. The van der Waals surface area contributed by atoms with Crippen LogP contribution < -0.4 is 4.74 Å². The zero-order valence-corrected chi connectivity index (χ0v) is 11.3. The average molecular weight is 254 g/mol. The normalized spacial score (nSPS) is 9.28. The second-order valence-electron chi connectivity index (χ2n) is 4.03. The van der Waals surface area contributed by atoms with Crippen LogP contribution in [0.1, 0.15) is 38.2 Å². The van der Waals surface area contributed by atoms with Crippen molar-refractivity contribution in [3.63, 3.8) is 0 Å². The Kier molecular flexibility index (Phi) is 8.45. The summed E-state index contributed by atoms with van der Waals surface area (Å²) in [6, 6.07) is 5.24. The van der Waals surface area contributed by atoms with Crippen LogP contribution >= 0.6 is 0 Å². The van der Waals surface area contributed by atoms with Gasteiger partial charge in [0.1, 0.15) is 0 Å². The van der Waals surface area contributed by atoms with Gasteiger partial charge < -0.3 is 14.9 Å². The molecule has 1 rings (SSSR count). The molecule has 1 aromatic rings. The van der Waals surface area contributed by atoms with Gasteiger partial charge in [-0.3, -0.25) is 4.79 Å². The van der Waals surface area contributed by atoms with E-state index in [2.05, 4.69) is 6.92 Å². The molecule has 18 heavy (non-hydrogen) atoms. The minimum absolute atomic E-state index is 0.188. The maximum atomic E-state index is 9.87. The van der Waals surface area contributed by atoms with Crippen LogP contribution in [0.25, 0.3) is 0 Å². The monoisotopic (exact) mass is 254 g/mol. The van der Waals surface area contributed by atoms with Crippen molar-refractivity contribution in [2.24, 2.45) is 0 Å². The lowest BCUT2D eigenvalue weighted by atomic mass is 10.2. The fourth-order valence-electron chi connectivity index (χ4n) is 1.31. The fourth-order valence-corrected chi connectivity index (χ4v) is 1.31. The first-order chi connectivity index (χ1) is 8.51. The van der Waals surface area contributed by atoms with Crippen LogP contribution in [0.2, 0.25) is 0 Å². The second kappa shape index (κ2) is 9.33. The number of rotatable bonds is 5. The molecule has 0 atom stereocenters. The number of aryl methyl sites for hydroxylation is 1. The average Bonchev–Trinajstić information content (AvgIpc) is 2.33. The lowest BCUT2D eigenvalue weighted by molar-refractivity contribution is -0.137. The van der Waals surface area contributed by atoms with E-state index in [-0.39, 0.29) is 5.75 Å². The van der Waals surface area contributed by atoms with Gasteiger partial charge in [-0.05, 0) is 31.0 Å². The Balaban J connectivity index is 0.000000331. The molecule has 1 aromatic carbocycles. The van der Waals surface area contributed by atoms with Gasteiger partial charge in [0, 0.05) is 6.42 Å². The summed E-state index contributed by atoms with van der Waals surface area (Å²) >= 11 is 0. The van der Waals surface area contributed by atoms with E-state index in [9.17, 15) is 4.79 Å². The first-order valence-corrected chi connectivity index (χ1v) is 6.06. The highest BCUT2D eigenvalue weighted by atomic mass is 16.5. The number of carboxylic acid groups (broad SMARTS) is 1. The van der Waals surface area contributed by atoms with Gasteiger partial charge >= 0.3 is 5.97 Å².